The Bertz CT molecular complexity index is 616. The van der Waals surface area contributed by atoms with Gasteiger partial charge in [-0.25, -0.2) is 4.79 Å². The number of primary amides is 1. The summed E-state index contributed by atoms with van der Waals surface area (Å²) >= 11 is 0. The summed E-state index contributed by atoms with van der Waals surface area (Å²) in [6.07, 6.45) is 1.83. The molecule has 0 aliphatic rings. The Hall–Kier alpha value is -2.83. The molecule has 0 radical (unpaired) electrons. The van der Waals surface area contributed by atoms with Gasteiger partial charge < -0.3 is 21.1 Å². The largest absolute Gasteiger partial charge is 0.445 e. The van der Waals surface area contributed by atoms with Crippen LogP contribution in [0.2, 0.25) is 0 Å². The number of hydrogen-bond acceptors (Lipinski definition) is 4. The zero-order valence-corrected chi connectivity index (χ0v) is 15.2. The average Bonchev–Trinajstić information content (AvgIpc) is 2.61. The van der Waals surface area contributed by atoms with Gasteiger partial charge in [-0.3, -0.25) is 9.59 Å². The highest BCUT2D eigenvalue weighted by Gasteiger charge is 2.28. The van der Waals surface area contributed by atoms with Gasteiger partial charge in [0.05, 0.1) is 0 Å². The second-order valence-electron chi connectivity index (χ2n) is 6.26. The molecule has 0 unspecified atom stereocenters. The second-order valence-corrected chi connectivity index (χ2v) is 6.26. The first-order valence-electron chi connectivity index (χ1n) is 8.53. The summed E-state index contributed by atoms with van der Waals surface area (Å²) in [5.74, 6) is -1.31. The standard InChI is InChI=1S/C19H27N3O4/c1-4-5-11-15(17(20)23)21-18(24)16(13(2)3)22-19(25)26-12-14-9-7-6-8-10-14/h4,6-10,13,15-16H,1,5,11-12H2,2-3H3,(H2,20,23)(H,21,24)(H,22,25)/t15-,16-/m0/s1. The van der Waals surface area contributed by atoms with Gasteiger partial charge >= 0.3 is 6.09 Å². The van der Waals surface area contributed by atoms with Crippen molar-refractivity contribution >= 4 is 17.9 Å². The number of nitrogens with two attached hydrogens (primary N) is 1. The van der Waals surface area contributed by atoms with Gasteiger partial charge in [-0.15, -0.1) is 6.58 Å². The van der Waals surface area contributed by atoms with Crippen LogP contribution in [-0.2, 0) is 20.9 Å². The molecule has 0 aromatic heterocycles. The number of alkyl carbamates (subject to hydrolysis) is 1. The van der Waals surface area contributed by atoms with E-state index >= 15 is 0 Å². The van der Waals surface area contributed by atoms with Gasteiger partial charge in [-0.2, -0.15) is 0 Å². The minimum atomic E-state index is -0.844. The molecule has 1 rings (SSSR count). The number of amides is 3. The van der Waals surface area contributed by atoms with E-state index in [-0.39, 0.29) is 12.5 Å². The van der Waals surface area contributed by atoms with Crippen LogP contribution in [0.1, 0.15) is 32.3 Å². The number of allylic oxidation sites excluding steroid dienone is 1. The number of rotatable bonds is 10. The number of carbonyl (C=O) groups is 3. The molecule has 0 aliphatic carbocycles. The third-order valence-electron chi connectivity index (χ3n) is 3.75. The molecule has 7 nitrogen and oxygen atoms in total. The van der Waals surface area contributed by atoms with Crippen LogP contribution in [0.15, 0.2) is 43.0 Å². The van der Waals surface area contributed by atoms with Crippen LogP contribution in [-0.4, -0.2) is 30.0 Å². The van der Waals surface area contributed by atoms with Crippen LogP contribution in [0, 0.1) is 5.92 Å². The van der Waals surface area contributed by atoms with Crippen LogP contribution < -0.4 is 16.4 Å². The summed E-state index contributed by atoms with van der Waals surface area (Å²) in [6.45, 7) is 7.25. The molecule has 2 atom stereocenters. The molecule has 0 fully saturated rings. The summed E-state index contributed by atoms with van der Waals surface area (Å²) in [7, 11) is 0. The van der Waals surface area contributed by atoms with E-state index in [2.05, 4.69) is 17.2 Å². The minimum absolute atomic E-state index is 0.0996. The lowest BCUT2D eigenvalue weighted by Gasteiger charge is -2.24. The van der Waals surface area contributed by atoms with E-state index < -0.39 is 30.0 Å². The van der Waals surface area contributed by atoms with E-state index in [0.29, 0.717) is 12.8 Å². The highest BCUT2D eigenvalue weighted by atomic mass is 16.5. The fraction of sp³-hybridized carbons (Fsp3) is 0.421. The Morgan fingerprint density at radius 3 is 2.38 bits per heavy atom. The Kier molecular flexibility index (Phi) is 8.91. The molecule has 0 saturated heterocycles. The van der Waals surface area contributed by atoms with Gasteiger partial charge in [0.2, 0.25) is 11.8 Å². The van der Waals surface area contributed by atoms with Crippen molar-refractivity contribution in [2.24, 2.45) is 11.7 Å². The molecule has 1 aromatic carbocycles. The molecule has 0 bridgehead atoms. The molecule has 0 saturated carbocycles. The monoisotopic (exact) mass is 361 g/mol. The van der Waals surface area contributed by atoms with Crippen LogP contribution >= 0.6 is 0 Å². The zero-order chi connectivity index (χ0) is 19.5. The molecule has 7 heteroatoms. The van der Waals surface area contributed by atoms with E-state index in [1.165, 1.54) is 0 Å². The first-order valence-corrected chi connectivity index (χ1v) is 8.53. The van der Waals surface area contributed by atoms with Crippen LogP contribution in [0.4, 0.5) is 4.79 Å². The van der Waals surface area contributed by atoms with Crippen LogP contribution in [0.3, 0.4) is 0 Å². The van der Waals surface area contributed by atoms with Gasteiger partial charge in [-0.05, 0) is 24.3 Å². The SMILES string of the molecule is C=CCC[C@H](NC(=O)[C@@H](NC(=O)OCc1ccccc1)C(C)C)C(N)=O. The van der Waals surface area contributed by atoms with Crippen LogP contribution in [0.25, 0.3) is 0 Å². The summed E-state index contributed by atoms with van der Waals surface area (Å²) < 4.78 is 5.14. The molecule has 0 heterocycles. The Labute approximate surface area is 154 Å². The van der Waals surface area contributed by atoms with Gasteiger partial charge in [0, 0.05) is 0 Å². The summed E-state index contributed by atoms with van der Waals surface area (Å²) in [4.78, 5) is 35.9. The van der Waals surface area contributed by atoms with Crippen molar-refractivity contribution in [1.82, 2.24) is 10.6 Å². The summed E-state index contributed by atoms with van der Waals surface area (Å²) in [5, 5.41) is 5.12. The van der Waals surface area contributed by atoms with Crippen LogP contribution in [0.5, 0.6) is 0 Å². The maximum atomic E-state index is 12.5. The number of hydrogen-bond donors (Lipinski definition) is 3. The Balaban J connectivity index is 2.62. The summed E-state index contributed by atoms with van der Waals surface area (Å²) in [5.41, 5.74) is 6.15. The molecule has 142 valence electrons. The van der Waals surface area contributed by atoms with Gasteiger partial charge in [-0.1, -0.05) is 50.3 Å². The first-order chi connectivity index (χ1) is 12.3. The van der Waals surface area contributed by atoms with E-state index in [1.54, 1.807) is 19.9 Å². The van der Waals surface area contributed by atoms with Crippen molar-refractivity contribution in [2.75, 3.05) is 0 Å². The molecular weight excluding hydrogens is 334 g/mol. The first kappa shape index (κ1) is 21.2. The summed E-state index contributed by atoms with van der Waals surface area (Å²) in [6, 6.07) is 7.55. The lowest BCUT2D eigenvalue weighted by molar-refractivity contribution is -0.129. The topological polar surface area (TPSA) is 111 Å². The maximum absolute atomic E-state index is 12.5. The van der Waals surface area contributed by atoms with Crippen molar-refractivity contribution in [3.63, 3.8) is 0 Å². The van der Waals surface area contributed by atoms with E-state index in [9.17, 15) is 14.4 Å². The average molecular weight is 361 g/mol. The minimum Gasteiger partial charge on any atom is -0.445 e. The maximum Gasteiger partial charge on any atom is 0.408 e. The Morgan fingerprint density at radius 1 is 1.19 bits per heavy atom. The lowest BCUT2D eigenvalue weighted by Crippen LogP contribution is -2.54. The normalized spacial score (nSPS) is 12.7. The van der Waals surface area contributed by atoms with E-state index in [1.807, 2.05) is 30.3 Å². The predicted octanol–water partition coefficient (Wildman–Crippen LogP) is 1.87. The lowest BCUT2D eigenvalue weighted by atomic mass is 10.0. The van der Waals surface area contributed by atoms with Gasteiger partial charge in [0.1, 0.15) is 18.7 Å². The number of nitrogens with one attached hydrogen (secondary N) is 2. The van der Waals surface area contributed by atoms with Crippen molar-refractivity contribution in [3.8, 4) is 0 Å². The fourth-order valence-electron chi connectivity index (χ4n) is 2.26. The van der Waals surface area contributed by atoms with Crippen molar-refractivity contribution in [3.05, 3.63) is 48.6 Å². The molecule has 1 aromatic rings. The zero-order valence-electron chi connectivity index (χ0n) is 15.2. The number of benzene rings is 1. The number of ether oxygens (including phenoxy) is 1. The molecular formula is C19H27N3O4. The van der Waals surface area contributed by atoms with Crippen molar-refractivity contribution < 1.29 is 19.1 Å². The predicted molar refractivity (Wildman–Crippen MR) is 98.9 cm³/mol. The van der Waals surface area contributed by atoms with E-state index in [0.717, 1.165) is 5.56 Å². The van der Waals surface area contributed by atoms with Crippen molar-refractivity contribution in [1.29, 1.82) is 0 Å². The number of carbonyl (C=O) groups excluding carboxylic acids is 3. The highest BCUT2D eigenvalue weighted by molar-refractivity contribution is 5.90. The molecule has 3 amide bonds. The van der Waals surface area contributed by atoms with Crippen molar-refractivity contribution in [2.45, 2.75) is 45.4 Å². The Morgan fingerprint density at radius 2 is 1.85 bits per heavy atom. The molecule has 26 heavy (non-hydrogen) atoms. The highest BCUT2D eigenvalue weighted by Crippen LogP contribution is 2.06. The van der Waals surface area contributed by atoms with Gasteiger partial charge in [0.15, 0.2) is 0 Å². The quantitative estimate of drug-likeness (QED) is 0.553. The molecule has 0 aliphatic heterocycles. The van der Waals surface area contributed by atoms with Gasteiger partial charge in [0.25, 0.3) is 0 Å². The molecule has 0 spiro atoms. The molecule has 4 N–H and O–H groups in total. The third-order valence-corrected chi connectivity index (χ3v) is 3.75. The third kappa shape index (κ3) is 7.38. The fourth-order valence-corrected chi connectivity index (χ4v) is 2.26. The second kappa shape index (κ2) is 10.9. The smallest absolute Gasteiger partial charge is 0.408 e. The van der Waals surface area contributed by atoms with E-state index in [4.69, 9.17) is 10.5 Å².